The molecule has 0 fully saturated rings. The highest BCUT2D eigenvalue weighted by atomic mass is 35.5. The van der Waals surface area contributed by atoms with Gasteiger partial charge in [0.2, 0.25) is 0 Å². The minimum atomic E-state index is 0.0644. The molecule has 26 heavy (non-hydrogen) atoms. The largest absolute Gasteiger partial charge is 0.337 e. The van der Waals surface area contributed by atoms with E-state index in [2.05, 4.69) is 34.7 Å². The molecule has 3 aromatic rings. The summed E-state index contributed by atoms with van der Waals surface area (Å²) in [5.74, 6) is 0. The van der Waals surface area contributed by atoms with E-state index >= 15 is 0 Å². The number of hydrogen-bond acceptors (Lipinski definition) is 2. The van der Waals surface area contributed by atoms with Gasteiger partial charge < -0.3 is 4.57 Å². The van der Waals surface area contributed by atoms with Crippen LogP contribution in [0.4, 0.5) is 0 Å². The molecule has 0 amide bonds. The fraction of sp³-hybridized carbons (Fsp3) is 0.286. The standard InChI is InChI=1S/C21H22Cl2N2S/c1-21(12-14-25-15-13-24-16-25,26-20-5-3-2-4-19(20)23)11-10-17-6-8-18(22)9-7-17/h2-9,13,15-16H,10-12,14H2,1H3. The van der Waals surface area contributed by atoms with Crippen LogP contribution in [0.5, 0.6) is 0 Å². The molecule has 0 spiro atoms. The minimum absolute atomic E-state index is 0.0644. The summed E-state index contributed by atoms with van der Waals surface area (Å²) in [6.07, 6.45) is 8.81. The lowest BCUT2D eigenvalue weighted by molar-refractivity contribution is 0.492. The molecule has 0 N–H and O–H groups in total. The van der Waals surface area contributed by atoms with Gasteiger partial charge in [-0.3, -0.25) is 0 Å². The van der Waals surface area contributed by atoms with Gasteiger partial charge in [-0.25, -0.2) is 4.98 Å². The maximum atomic E-state index is 6.41. The van der Waals surface area contributed by atoms with Crippen molar-refractivity contribution < 1.29 is 0 Å². The fourth-order valence-electron chi connectivity index (χ4n) is 2.86. The van der Waals surface area contributed by atoms with Gasteiger partial charge in [-0.05, 0) is 49.1 Å². The molecule has 5 heteroatoms. The highest BCUT2D eigenvalue weighted by Gasteiger charge is 2.26. The molecule has 136 valence electrons. The van der Waals surface area contributed by atoms with Crippen molar-refractivity contribution >= 4 is 35.0 Å². The number of nitrogens with zero attached hydrogens (tertiary/aromatic N) is 2. The summed E-state index contributed by atoms with van der Waals surface area (Å²) in [6, 6.07) is 16.2. The zero-order chi connectivity index (χ0) is 18.4. The van der Waals surface area contributed by atoms with Crippen molar-refractivity contribution in [2.24, 2.45) is 0 Å². The molecule has 3 rings (SSSR count). The molecule has 0 saturated carbocycles. The average molecular weight is 405 g/mol. The quantitative estimate of drug-likeness (QED) is 0.385. The lowest BCUT2D eigenvalue weighted by Crippen LogP contribution is -2.23. The Labute approximate surface area is 169 Å². The predicted octanol–water partition coefficient (Wildman–Crippen LogP) is 6.76. The van der Waals surface area contributed by atoms with Crippen LogP contribution < -0.4 is 0 Å². The second-order valence-corrected chi connectivity index (χ2v) is 9.13. The summed E-state index contributed by atoms with van der Waals surface area (Å²) in [5, 5.41) is 1.60. The number of thioether (sulfide) groups is 1. The van der Waals surface area contributed by atoms with Crippen LogP contribution in [0.3, 0.4) is 0 Å². The van der Waals surface area contributed by atoms with Crippen molar-refractivity contribution in [1.29, 1.82) is 0 Å². The molecule has 0 aliphatic carbocycles. The number of benzene rings is 2. The molecule has 1 unspecified atom stereocenters. The first-order valence-corrected chi connectivity index (χ1v) is 10.3. The zero-order valence-electron chi connectivity index (χ0n) is 14.7. The normalized spacial score (nSPS) is 13.5. The fourth-order valence-corrected chi connectivity index (χ4v) is 4.48. The van der Waals surface area contributed by atoms with Crippen LogP contribution in [0, 0.1) is 0 Å². The Balaban J connectivity index is 1.73. The van der Waals surface area contributed by atoms with E-state index in [1.165, 1.54) is 5.56 Å². The first kappa shape index (κ1) is 19.3. The van der Waals surface area contributed by atoms with Gasteiger partial charge in [0, 0.05) is 33.6 Å². The number of rotatable bonds is 8. The molecule has 2 nitrogen and oxygen atoms in total. The van der Waals surface area contributed by atoms with Crippen LogP contribution in [0.1, 0.15) is 25.3 Å². The third-order valence-corrected chi connectivity index (χ3v) is 6.68. The Bertz CT molecular complexity index is 818. The van der Waals surface area contributed by atoms with E-state index in [1.54, 1.807) is 0 Å². The van der Waals surface area contributed by atoms with Gasteiger partial charge in [-0.2, -0.15) is 0 Å². The summed E-state index contributed by atoms with van der Waals surface area (Å²) in [6.45, 7) is 3.27. The van der Waals surface area contributed by atoms with Gasteiger partial charge >= 0.3 is 0 Å². The topological polar surface area (TPSA) is 17.8 Å². The molecule has 1 heterocycles. The van der Waals surface area contributed by atoms with Crippen molar-refractivity contribution in [1.82, 2.24) is 9.55 Å². The predicted molar refractivity (Wildman–Crippen MR) is 112 cm³/mol. The highest BCUT2D eigenvalue weighted by Crippen LogP contribution is 2.42. The molecule has 0 saturated heterocycles. The molecule has 0 radical (unpaired) electrons. The molecule has 1 aromatic heterocycles. The van der Waals surface area contributed by atoms with Gasteiger partial charge in [0.25, 0.3) is 0 Å². The first-order chi connectivity index (χ1) is 12.5. The summed E-state index contributed by atoms with van der Waals surface area (Å²) < 4.78 is 2.20. The van der Waals surface area contributed by atoms with Crippen LogP contribution in [0.15, 0.2) is 72.1 Å². The number of imidazole rings is 1. The molecule has 1 atom stereocenters. The Morgan fingerprint density at radius 1 is 1.04 bits per heavy atom. The second-order valence-electron chi connectivity index (χ2n) is 6.66. The smallest absolute Gasteiger partial charge is 0.0945 e. The van der Waals surface area contributed by atoms with Gasteiger partial charge in [0.1, 0.15) is 0 Å². The summed E-state index contributed by atoms with van der Waals surface area (Å²) >= 11 is 14.3. The van der Waals surface area contributed by atoms with E-state index in [1.807, 2.05) is 60.8 Å². The number of aromatic nitrogens is 2. The zero-order valence-corrected chi connectivity index (χ0v) is 17.1. The maximum Gasteiger partial charge on any atom is 0.0945 e. The molecular formula is C21H22Cl2N2S. The van der Waals surface area contributed by atoms with E-state index in [0.717, 1.165) is 40.7 Å². The number of hydrogen-bond donors (Lipinski definition) is 0. The van der Waals surface area contributed by atoms with Gasteiger partial charge in [0.15, 0.2) is 0 Å². The molecule has 2 aromatic carbocycles. The summed E-state index contributed by atoms with van der Waals surface area (Å²) in [4.78, 5) is 5.28. The van der Waals surface area contributed by atoms with Crippen LogP contribution in [0.25, 0.3) is 0 Å². The second kappa shape index (κ2) is 8.98. The molecule has 0 aliphatic rings. The third kappa shape index (κ3) is 5.54. The van der Waals surface area contributed by atoms with Crippen LogP contribution in [-0.2, 0) is 13.0 Å². The van der Waals surface area contributed by atoms with Crippen molar-refractivity contribution in [3.05, 3.63) is 82.9 Å². The Morgan fingerprint density at radius 2 is 1.81 bits per heavy atom. The summed E-state index contributed by atoms with van der Waals surface area (Å²) in [5.41, 5.74) is 1.31. The van der Waals surface area contributed by atoms with Crippen molar-refractivity contribution in [2.45, 2.75) is 42.4 Å². The maximum absolute atomic E-state index is 6.41. The lowest BCUT2D eigenvalue weighted by Gasteiger charge is -2.30. The number of aryl methyl sites for hydroxylation is 2. The van der Waals surface area contributed by atoms with Crippen molar-refractivity contribution in [2.75, 3.05) is 0 Å². The Hall–Kier alpha value is -1.42. The average Bonchev–Trinajstić information content (AvgIpc) is 3.16. The SMILES string of the molecule is CC(CCc1ccc(Cl)cc1)(CCn1ccnc1)Sc1ccccc1Cl. The Morgan fingerprint density at radius 3 is 2.50 bits per heavy atom. The monoisotopic (exact) mass is 404 g/mol. The number of halogens is 2. The van der Waals surface area contributed by atoms with Crippen molar-refractivity contribution in [3.8, 4) is 0 Å². The Kier molecular flexibility index (Phi) is 6.68. The van der Waals surface area contributed by atoms with E-state index in [-0.39, 0.29) is 4.75 Å². The van der Waals surface area contributed by atoms with Crippen LogP contribution >= 0.6 is 35.0 Å². The van der Waals surface area contributed by atoms with Crippen LogP contribution in [-0.4, -0.2) is 14.3 Å². The minimum Gasteiger partial charge on any atom is -0.337 e. The van der Waals surface area contributed by atoms with E-state index in [4.69, 9.17) is 23.2 Å². The molecule has 0 bridgehead atoms. The van der Waals surface area contributed by atoms with Crippen LogP contribution in [0.2, 0.25) is 10.0 Å². The third-order valence-electron chi connectivity index (χ3n) is 4.51. The van der Waals surface area contributed by atoms with Gasteiger partial charge in [0.05, 0.1) is 11.3 Å². The first-order valence-electron chi connectivity index (χ1n) is 8.68. The van der Waals surface area contributed by atoms with E-state index in [0.29, 0.717) is 0 Å². The molecule has 0 aliphatic heterocycles. The highest BCUT2D eigenvalue weighted by molar-refractivity contribution is 8.00. The molecular weight excluding hydrogens is 383 g/mol. The lowest BCUT2D eigenvalue weighted by atomic mass is 9.97. The van der Waals surface area contributed by atoms with Crippen molar-refractivity contribution in [3.63, 3.8) is 0 Å². The summed E-state index contributed by atoms with van der Waals surface area (Å²) in [7, 11) is 0. The van der Waals surface area contributed by atoms with E-state index < -0.39 is 0 Å². The van der Waals surface area contributed by atoms with E-state index in [9.17, 15) is 0 Å². The van der Waals surface area contributed by atoms with Gasteiger partial charge in [-0.15, -0.1) is 11.8 Å². The van der Waals surface area contributed by atoms with Gasteiger partial charge in [-0.1, -0.05) is 54.4 Å².